The van der Waals surface area contributed by atoms with E-state index in [4.69, 9.17) is 0 Å². The molecule has 0 aromatic heterocycles. The third-order valence-electron chi connectivity index (χ3n) is 2.94. The predicted octanol–water partition coefficient (Wildman–Crippen LogP) is 2.61. The molecule has 2 fully saturated rings. The molecule has 0 amide bonds. The molecule has 2 aliphatic rings. The highest BCUT2D eigenvalue weighted by Gasteiger charge is 2.45. The molecule has 0 N–H and O–H groups in total. The van der Waals surface area contributed by atoms with Crippen molar-refractivity contribution < 1.29 is 0 Å². The van der Waals surface area contributed by atoms with Crippen molar-refractivity contribution in [2.24, 2.45) is 17.8 Å². The first kappa shape index (κ1) is 5.52. The molecule has 0 bridgehead atoms. The molecule has 0 heterocycles. The molecular formula is C9H14. The second kappa shape index (κ2) is 1.62. The minimum absolute atomic E-state index is 0.897. The van der Waals surface area contributed by atoms with E-state index in [1.807, 2.05) is 0 Å². The summed E-state index contributed by atoms with van der Waals surface area (Å²) in [5, 5.41) is 0. The van der Waals surface area contributed by atoms with Crippen LogP contribution >= 0.6 is 0 Å². The van der Waals surface area contributed by atoms with Gasteiger partial charge in [-0.05, 0) is 43.9 Å². The fourth-order valence-electron chi connectivity index (χ4n) is 2.12. The molecule has 0 saturated heterocycles. The Morgan fingerprint density at radius 1 is 1.22 bits per heavy atom. The maximum Gasteiger partial charge on any atom is -0.0203 e. The summed E-state index contributed by atoms with van der Waals surface area (Å²) in [6.07, 6.45) is 4.45. The molecule has 0 radical (unpaired) electrons. The Morgan fingerprint density at radius 2 is 1.78 bits per heavy atom. The van der Waals surface area contributed by atoms with Crippen LogP contribution in [0, 0.1) is 17.8 Å². The molecule has 0 spiro atoms. The number of fused-ring (bicyclic) bond motifs is 1. The van der Waals surface area contributed by atoms with E-state index in [1.165, 1.54) is 24.8 Å². The van der Waals surface area contributed by atoms with Crippen molar-refractivity contribution in [2.75, 3.05) is 0 Å². The molecule has 9 heavy (non-hydrogen) atoms. The number of hydrogen-bond donors (Lipinski definition) is 0. The summed E-state index contributed by atoms with van der Waals surface area (Å²) in [5.41, 5.74) is 1.42. The van der Waals surface area contributed by atoms with Gasteiger partial charge in [0.25, 0.3) is 0 Å². The zero-order valence-electron chi connectivity index (χ0n) is 6.06. The van der Waals surface area contributed by atoms with E-state index >= 15 is 0 Å². The average Bonchev–Trinajstić information content (AvgIpc) is 2.40. The monoisotopic (exact) mass is 122 g/mol. The summed E-state index contributed by atoms with van der Waals surface area (Å²) >= 11 is 0. The second-order valence-corrected chi connectivity index (χ2v) is 3.77. The summed E-state index contributed by atoms with van der Waals surface area (Å²) in [5.74, 6) is 3.13. The van der Waals surface area contributed by atoms with Crippen LogP contribution in [-0.2, 0) is 0 Å². The number of allylic oxidation sites excluding steroid dienone is 1. The smallest absolute Gasteiger partial charge is 0.0203 e. The SMILES string of the molecule is C=C(C)C1CC2CC2C1. The molecule has 0 aliphatic heterocycles. The van der Waals surface area contributed by atoms with Crippen molar-refractivity contribution in [3.63, 3.8) is 0 Å². The molecule has 2 atom stereocenters. The molecule has 2 saturated carbocycles. The van der Waals surface area contributed by atoms with E-state index in [0.717, 1.165) is 17.8 Å². The molecule has 0 nitrogen and oxygen atoms in total. The summed E-state index contributed by atoms with van der Waals surface area (Å²) in [4.78, 5) is 0. The zero-order valence-corrected chi connectivity index (χ0v) is 6.06. The summed E-state index contributed by atoms with van der Waals surface area (Å²) < 4.78 is 0. The van der Waals surface area contributed by atoms with Gasteiger partial charge in [-0.1, -0.05) is 12.2 Å². The zero-order chi connectivity index (χ0) is 6.43. The van der Waals surface area contributed by atoms with Gasteiger partial charge in [0.05, 0.1) is 0 Å². The van der Waals surface area contributed by atoms with E-state index < -0.39 is 0 Å². The summed E-state index contributed by atoms with van der Waals surface area (Å²) in [6.45, 7) is 6.17. The van der Waals surface area contributed by atoms with Gasteiger partial charge >= 0.3 is 0 Å². The van der Waals surface area contributed by atoms with Crippen LogP contribution < -0.4 is 0 Å². The van der Waals surface area contributed by atoms with Crippen molar-refractivity contribution in [1.82, 2.24) is 0 Å². The van der Waals surface area contributed by atoms with Gasteiger partial charge in [-0.3, -0.25) is 0 Å². The minimum Gasteiger partial charge on any atom is -0.0999 e. The van der Waals surface area contributed by atoms with Crippen molar-refractivity contribution in [1.29, 1.82) is 0 Å². The van der Waals surface area contributed by atoms with Crippen LogP contribution in [0.2, 0.25) is 0 Å². The van der Waals surface area contributed by atoms with Crippen LogP contribution in [0.25, 0.3) is 0 Å². The quantitative estimate of drug-likeness (QED) is 0.469. The van der Waals surface area contributed by atoms with Crippen molar-refractivity contribution in [3.8, 4) is 0 Å². The normalized spacial score (nSPS) is 46.6. The fourth-order valence-corrected chi connectivity index (χ4v) is 2.12. The van der Waals surface area contributed by atoms with Gasteiger partial charge in [-0.25, -0.2) is 0 Å². The predicted molar refractivity (Wildman–Crippen MR) is 39.1 cm³/mol. The molecule has 50 valence electrons. The van der Waals surface area contributed by atoms with Crippen LogP contribution in [-0.4, -0.2) is 0 Å². The maximum absolute atomic E-state index is 3.99. The van der Waals surface area contributed by atoms with E-state index in [9.17, 15) is 0 Å². The molecule has 0 aromatic carbocycles. The van der Waals surface area contributed by atoms with Gasteiger partial charge in [-0.2, -0.15) is 0 Å². The van der Waals surface area contributed by atoms with Gasteiger partial charge in [0.1, 0.15) is 0 Å². The highest BCUT2D eigenvalue weighted by molar-refractivity contribution is 5.07. The Kier molecular flexibility index (Phi) is 0.992. The van der Waals surface area contributed by atoms with Crippen LogP contribution in [0.15, 0.2) is 12.2 Å². The number of rotatable bonds is 1. The van der Waals surface area contributed by atoms with Crippen LogP contribution in [0.5, 0.6) is 0 Å². The third kappa shape index (κ3) is 0.810. The average molecular weight is 122 g/mol. The van der Waals surface area contributed by atoms with Crippen LogP contribution in [0.1, 0.15) is 26.2 Å². The maximum atomic E-state index is 3.99. The Bertz CT molecular complexity index is 136. The van der Waals surface area contributed by atoms with E-state index in [-0.39, 0.29) is 0 Å². The molecule has 0 heteroatoms. The second-order valence-electron chi connectivity index (χ2n) is 3.77. The first-order valence-corrected chi connectivity index (χ1v) is 3.93. The lowest BCUT2D eigenvalue weighted by Crippen LogP contribution is -1.96. The van der Waals surface area contributed by atoms with E-state index in [1.54, 1.807) is 0 Å². The molecule has 2 unspecified atom stereocenters. The van der Waals surface area contributed by atoms with Crippen molar-refractivity contribution >= 4 is 0 Å². The molecule has 2 aliphatic carbocycles. The molecular weight excluding hydrogens is 108 g/mol. The largest absolute Gasteiger partial charge is 0.0999 e. The first-order valence-electron chi connectivity index (χ1n) is 3.93. The van der Waals surface area contributed by atoms with Crippen molar-refractivity contribution in [2.45, 2.75) is 26.2 Å². The Labute approximate surface area is 57.0 Å². The number of hydrogen-bond acceptors (Lipinski definition) is 0. The molecule has 2 rings (SSSR count). The minimum atomic E-state index is 0.897. The van der Waals surface area contributed by atoms with Gasteiger partial charge in [0.15, 0.2) is 0 Å². The van der Waals surface area contributed by atoms with Gasteiger partial charge < -0.3 is 0 Å². The lowest BCUT2D eigenvalue weighted by molar-refractivity contribution is 0.563. The van der Waals surface area contributed by atoms with Gasteiger partial charge in [0.2, 0.25) is 0 Å². The lowest BCUT2D eigenvalue weighted by atomic mass is 9.97. The molecule has 0 aromatic rings. The van der Waals surface area contributed by atoms with Crippen LogP contribution in [0.3, 0.4) is 0 Å². The summed E-state index contributed by atoms with van der Waals surface area (Å²) in [6, 6.07) is 0. The topological polar surface area (TPSA) is 0 Å². The summed E-state index contributed by atoms with van der Waals surface area (Å²) in [7, 11) is 0. The Morgan fingerprint density at radius 3 is 2.11 bits per heavy atom. The first-order chi connectivity index (χ1) is 4.27. The van der Waals surface area contributed by atoms with E-state index in [2.05, 4.69) is 13.5 Å². The lowest BCUT2D eigenvalue weighted by Gasteiger charge is -2.09. The standard InChI is InChI=1S/C9H14/c1-6(2)7-3-8-5-9(8)4-7/h7-9H,1,3-5H2,2H3. The Balaban J connectivity index is 1.97. The Hall–Kier alpha value is -0.260. The highest BCUT2D eigenvalue weighted by atomic mass is 14.5. The van der Waals surface area contributed by atoms with Gasteiger partial charge in [0, 0.05) is 0 Å². The van der Waals surface area contributed by atoms with Crippen LogP contribution in [0.4, 0.5) is 0 Å². The fraction of sp³-hybridized carbons (Fsp3) is 0.778. The highest BCUT2D eigenvalue weighted by Crippen LogP contribution is 2.55. The van der Waals surface area contributed by atoms with Gasteiger partial charge in [-0.15, -0.1) is 0 Å². The third-order valence-corrected chi connectivity index (χ3v) is 2.94. The van der Waals surface area contributed by atoms with E-state index in [0.29, 0.717) is 0 Å². The van der Waals surface area contributed by atoms with Crippen molar-refractivity contribution in [3.05, 3.63) is 12.2 Å².